The lowest BCUT2D eigenvalue weighted by Gasteiger charge is -2.13. The Balaban J connectivity index is 1.76. The van der Waals surface area contributed by atoms with E-state index in [-0.39, 0.29) is 5.91 Å². The fraction of sp³-hybridized carbons (Fsp3) is 0.188. The zero-order chi connectivity index (χ0) is 17.5. The summed E-state index contributed by atoms with van der Waals surface area (Å²) in [6, 6.07) is 9.78. The number of amides is 2. The fourth-order valence-electron chi connectivity index (χ4n) is 1.73. The summed E-state index contributed by atoms with van der Waals surface area (Å²) >= 11 is 3.44. The Labute approximate surface area is 156 Å². The molecule has 2 rings (SSSR count). The lowest BCUT2D eigenvalue weighted by Crippen LogP contribution is -2.40. The Morgan fingerprint density at radius 3 is 2.54 bits per heavy atom. The van der Waals surface area contributed by atoms with Crippen LogP contribution in [-0.2, 0) is 14.3 Å². The second kappa shape index (κ2) is 8.78. The molecule has 1 atom stereocenters. The molecule has 1 aromatic heterocycles. The summed E-state index contributed by atoms with van der Waals surface area (Å²) in [5.41, 5.74) is 0.621. The molecular formula is C16H15IN2O4S. The molecule has 8 heteroatoms. The average molecular weight is 458 g/mol. The Morgan fingerprint density at radius 1 is 1.21 bits per heavy atom. The number of carbonyl (C=O) groups excluding carboxylic acids is 3. The lowest BCUT2D eigenvalue weighted by atomic mass is 10.3. The Bertz CT molecular complexity index is 716. The molecule has 0 aliphatic rings. The Morgan fingerprint density at radius 2 is 1.92 bits per heavy atom. The van der Waals surface area contributed by atoms with Crippen molar-refractivity contribution in [3.8, 4) is 0 Å². The normalized spacial score (nSPS) is 11.4. The van der Waals surface area contributed by atoms with E-state index >= 15 is 0 Å². The third kappa shape index (κ3) is 5.60. The summed E-state index contributed by atoms with van der Waals surface area (Å²) in [5.74, 6) is -1.46. The molecule has 2 aromatic rings. The summed E-state index contributed by atoms with van der Waals surface area (Å²) in [6.45, 7) is 1.09. The van der Waals surface area contributed by atoms with Crippen molar-refractivity contribution >= 4 is 57.4 Å². The standard InChI is InChI=1S/C16H15IN2O4S/c1-10(18-15(21)13-3-2-8-24-13)16(22)23-9-14(20)19-12-6-4-11(17)5-7-12/h2-8,10H,9H2,1H3,(H,18,21)(H,19,20). The van der Waals surface area contributed by atoms with Crippen molar-refractivity contribution < 1.29 is 19.1 Å². The molecular weight excluding hydrogens is 443 g/mol. The van der Waals surface area contributed by atoms with Gasteiger partial charge in [-0.25, -0.2) is 4.79 Å². The molecule has 0 saturated carbocycles. The van der Waals surface area contributed by atoms with E-state index in [4.69, 9.17) is 4.74 Å². The minimum Gasteiger partial charge on any atom is -0.454 e. The highest BCUT2D eigenvalue weighted by Crippen LogP contribution is 2.11. The van der Waals surface area contributed by atoms with Crippen LogP contribution in [0.5, 0.6) is 0 Å². The third-order valence-electron chi connectivity index (χ3n) is 2.92. The van der Waals surface area contributed by atoms with Crippen LogP contribution in [0, 0.1) is 3.57 Å². The summed E-state index contributed by atoms with van der Waals surface area (Å²) in [5, 5.41) is 6.92. The monoisotopic (exact) mass is 458 g/mol. The Hall–Kier alpha value is -1.94. The molecule has 126 valence electrons. The molecule has 0 fully saturated rings. The number of ether oxygens (including phenoxy) is 1. The highest BCUT2D eigenvalue weighted by atomic mass is 127. The highest BCUT2D eigenvalue weighted by molar-refractivity contribution is 14.1. The number of nitrogens with one attached hydrogen (secondary N) is 2. The van der Waals surface area contributed by atoms with Crippen LogP contribution in [0.1, 0.15) is 16.6 Å². The van der Waals surface area contributed by atoms with E-state index < -0.39 is 24.5 Å². The maximum Gasteiger partial charge on any atom is 0.328 e. The van der Waals surface area contributed by atoms with E-state index in [1.807, 2.05) is 12.1 Å². The predicted molar refractivity (Wildman–Crippen MR) is 100.0 cm³/mol. The van der Waals surface area contributed by atoms with Gasteiger partial charge in [0.25, 0.3) is 11.8 Å². The van der Waals surface area contributed by atoms with Gasteiger partial charge in [0.15, 0.2) is 6.61 Å². The average Bonchev–Trinajstić information content (AvgIpc) is 3.09. The van der Waals surface area contributed by atoms with Gasteiger partial charge in [0, 0.05) is 9.26 Å². The molecule has 1 heterocycles. The van der Waals surface area contributed by atoms with Crippen LogP contribution in [0.4, 0.5) is 5.69 Å². The molecule has 6 nitrogen and oxygen atoms in total. The zero-order valence-corrected chi connectivity index (χ0v) is 15.7. The molecule has 0 radical (unpaired) electrons. The molecule has 24 heavy (non-hydrogen) atoms. The SMILES string of the molecule is CC(NC(=O)c1cccs1)C(=O)OCC(=O)Nc1ccc(I)cc1. The topological polar surface area (TPSA) is 84.5 Å². The molecule has 1 aromatic carbocycles. The molecule has 1 unspecified atom stereocenters. The van der Waals surface area contributed by atoms with Gasteiger partial charge < -0.3 is 15.4 Å². The number of anilines is 1. The van der Waals surface area contributed by atoms with E-state index in [0.29, 0.717) is 10.6 Å². The van der Waals surface area contributed by atoms with Gasteiger partial charge in [0.2, 0.25) is 0 Å². The van der Waals surface area contributed by atoms with Crippen molar-refractivity contribution in [2.75, 3.05) is 11.9 Å². The van der Waals surface area contributed by atoms with Crippen LogP contribution in [0.2, 0.25) is 0 Å². The molecule has 2 N–H and O–H groups in total. The number of carbonyl (C=O) groups is 3. The van der Waals surface area contributed by atoms with Gasteiger partial charge in [-0.05, 0) is 65.2 Å². The largest absolute Gasteiger partial charge is 0.454 e. The van der Waals surface area contributed by atoms with E-state index in [0.717, 1.165) is 3.57 Å². The number of esters is 1. The summed E-state index contributed by atoms with van der Waals surface area (Å²) in [4.78, 5) is 35.9. The zero-order valence-electron chi connectivity index (χ0n) is 12.7. The first-order valence-corrected chi connectivity index (χ1v) is 8.98. The van der Waals surface area contributed by atoms with E-state index in [2.05, 4.69) is 33.2 Å². The third-order valence-corrected chi connectivity index (χ3v) is 4.51. The van der Waals surface area contributed by atoms with Gasteiger partial charge in [0.1, 0.15) is 6.04 Å². The first-order chi connectivity index (χ1) is 11.5. The Kier molecular flexibility index (Phi) is 6.73. The van der Waals surface area contributed by atoms with Crippen molar-refractivity contribution in [2.24, 2.45) is 0 Å². The summed E-state index contributed by atoms with van der Waals surface area (Å²) in [6.07, 6.45) is 0. The second-order valence-corrected chi connectivity index (χ2v) is 7.03. The summed E-state index contributed by atoms with van der Waals surface area (Å²) in [7, 11) is 0. The second-order valence-electron chi connectivity index (χ2n) is 4.84. The van der Waals surface area contributed by atoms with Crippen LogP contribution >= 0.6 is 33.9 Å². The summed E-state index contributed by atoms with van der Waals surface area (Å²) < 4.78 is 5.96. The fourth-order valence-corrected chi connectivity index (χ4v) is 2.71. The smallest absolute Gasteiger partial charge is 0.328 e. The van der Waals surface area contributed by atoms with Gasteiger partial charge in [-0.15, -0.1) is 11.3 Å². The molecule has 0 bridgehead atoms. The van der Waals surface area contributed by atoms with E-state index in [1.165, 1.54) is 18.3 Å². The van der Waals surface area contributed by atoms with Crippen LogP contribution in [0.15, 0.2) is 41.8 Å². The molecule has 0 aliphatic carbocycles. The van der Waals surface area contributed by atoms with Crippen LogP contribution < -0.4 is 10.6 Å². The number of hydrogen-bond acceptors (Lipinski definition) is 5. The van der Waals surface area contributed by atoms with Gasteiger partial charge in [0.05, 0.1) is 4.88 Å². The number of benzene rings is 1. The maximum atomic E-state index is 11.8. The molecule has 0 spiro atoms. The van der Waals surface area contributed by atoms with Crippen LogP contribution in [0.25, 0.3) is 0 Å². The molecule has 2 amide bonds. The van der Waals surface area contributed by atoms with E-state index in [1.54, 1.807) is 29.6 Å². The van der Waals surface area contributed by atoms with Gasteiger partial charge in [-0.1, -0.05) is 6.07 Å². The number of halogens is 1. The van der Waals surface area contributed by atoms with Gasteiger partial charge >= 0.3 is 5.97 Å². The number of thiophene rings is 1. The molecule has 0 saturated heterocycles. The first kappa shape index (κ1) is 18.4. The van der Waals surface area contributed by atoms with Crippen molar-refractivity contribution in [1.29, 1.82) is 0 Å². The first-order valence-electron chi connectivity index (χ1n) is 7.02. The van der Waals surface area contributed by atoms with Gasteiger partial charge in [-0.2, -0.15) is 0 Å². The minimum absolute atomic E-state index is 0.349. The highest BCUT2D eigenvalue weighted by Gasteiger charge is 2.19. The number of rotatable bonds is 6. The predicted octanol–water partition coefficient (Wildman–Crippen LogP) is 2.65. The minimum atomic E-state index is -0.842. The quantitative estimate of drug-likeness (QED) is 0.515. The van der Waals surface area contributed by atoms with Crippen molar-refractivity contribution in [3.05, 3.63) is 50.2 Å². The van der Waals surface area contributed by atoms with Gasteiger partial charge in [-0.3, -0.25) is 9.59 Å². The molecule has 0 aliphatic heterocycles. The number of hydrogen-bond donors (Lipinski definition) is 2. The van der Waals surface area contributed by atoms with Crippen LogP contribution in [-0.4, -0.2) is 30.4 Å². The lowest BCUT2D eigenvalue weighted by molar-refractivity contribution is -0.148. The van der Waals surface area contributed by atoms with Crippen molar-refractivity contribution in [2.45, 2.75) is 13.0 Å². The van der Waals surface area contributed by atoms with Crippen molar-refractivity contribution in [3.63, 3.8) is 0 Å². The maximum absolute atomic E-state index is 11.8. The van der Waals surface area contributed by atoms with Crippen LogP contribution in [0.3, 0.4) is 0 Å². The van der Waals surface area contributed by atoms with Crippen molar-refractivity contribution in [1.82, 2.24) is 5.32 Å². The van der Waals surface area contributed by atoms with E-state index in [9.17, 15) is 14.4 Å².